The lowest BCUT2D eigenvalue weighted by Gasteiger charge is -2.07. The zero-order chi connectivity index (χ0) is 21.6. The zero-order valence-corrected chi connectivity index (χ0v) is 19.4. The summed E-state index contributed by atoms with van der Waals surface area (Å²) in [5, 5.41) is 17.5. The van der Waals surface area contributed by atoms with Gasteiger partial charge >= 0.3 is 0 Å². The quantitative estimate of drug-likeness (QED) is 0.263. The zero-order valence-electron chi connectivity index (χ0n) is 17.0. The molecule has 10 heteroatoms. The van der Waals surface area contributed by atoms with Crippen molar-refractivity contribution in [3.05, 3.63) is 69.2 Å². The number of thiophene rings is 1. The molecule has 0 aliphatic rings. The third-order valence-electron chi connectivity index (χ3n) is 4.42. The molecule has 3 heterocycles. The molecule has 160 valence electrons. The number of nitrogens with zero attached hydrogens (tertiary/aromatic N) is 3. The van der Waals surface area contributed by atoms with Gasteiger partial charge in [-0.3, -0.25) is 4.79 Å². The molecule has 0 atom stereocenters. The summed E-state index contributed by atoms with van der Waals surface area (Å²) in [6.07, 6.45) is 0.251. The topological polar surface area (TPSA) is 90.1 Å². The number of aryl methyl sites for hydroxylation is 2. The Morgan fingerprint density at radius 2 is 2.03 bits per heavy atom. The van der Waals surface area contributed by atoms with Gasteiger partial charge in [0.2, 0.25) is 11.0 Å². The van der Waals surface area contributed by atoms with Gasteiger partial charge in [0, 0.05) is 10.6 Å². The Bertz CT molecular complexity index is 1120. The number of aromatic nitrogens is 3. The predicted octanol–water partition coefficient (Wildman–Crippen LogP) is 5.26. The smallest absolute Gasteiger partial charge is 0.230 e. The second-order valence-electron chi connectivity index (χ2n) is 6.70. The van der Waals surface area contributed by atoms with Crippen LogP contribution in [0.15, 0.2) is 50.6 Å². The highest BCUT2D eigenvalue weighted by Crippen LogP contribution is 2.29. The highest BCUT2D eigenvalue weighted by Gasteiger charge is 2.11. The minimum absolute atomic E-state index is 0.129. The van der Waals surface area contributed by atoms with Gasteiger partial charge < -0.3 is 14.6 Å². The molecular formula is C21H20N4O3S3. The number of carbonyl (C=O) groups is 1. The van der Waals surface area contributed by atoms with Crippen LogP contribution in [0.5, 0.6) is 5.75 Å². The van der Waals surface area contributed by atoms with Crippen LogP contribution < -0.4 is 10.1 Å². The van der Waals surface area contributed by atoms with Crippen LogP contribution in [-0.2, 0) is 23.6 Å². The molecule has 1 aromatic carbocycles. The van der Waals surface area contributed by atoms with E-state index in [0.29, 0.717) is 11.7 Å². The Labute approximate surface area is 191 Å². The lowest BCUT2D eigenvalue weighted by atomic mass is 10.1. The number of hydrogen-bond donors (Lipinski definition) is 1. The van der Waals surface area contributed by atoms with Crippen molar-refractivity contribution >= 4 is 45.5 Å². The van der Waals surface area contributed by atoms with Gasteiger partial charge in [-0.1, -0.05) is 46.5 Å². The number of rotatable bonds is 9. The Hall–Kier alpha value is -2.69. The van der Waals surface area contributed by atoms with Crippen molar-refractivity contribution in [2.75, 3.05) is 5.32 Å². The summed E-state index contributed by atoms with van der Waals surface area (Å²) < 4.78 is 11.8. The number of anilines is 1. The van der Waals surface area contributed by atoms with Crippen LogP contribution in [0.2, 0.25) is 0 Å². The van der Waals surface area contributed by atoms with E-state index in [-0.39, 0.29) is 12.3 Å². The molecule has 0 spiro atoms. The number of benzene rings is 1. The third-order valence-corrected chi connectivity index (χ3v) is 7.50. The molecule has 0 saturated carbocycles. The van der Waals surface area contributed by atoms with Crippen LogP contribution in [-0.4, -0.2) is 21.3 Å². The lowest BCUT2D eigenvalue weighted by Crippen LogP contribution is -2.14. The van der Waals surface area contributed by atoms with Crippen molar-refractivity contribution < 1.29 is 14.1 Å². The monoisotopic (exact) mass is 472 g/mol. The number of nitrogens with one attached hydrogen (secondary N) is 1. The van der Waals surface area contributed by atoms with Gasteiger partial charge in [0.15, 0.2) is 4.34 Å². The maximum absolute atomic E-state index is 12.4. The molecule has 1 N–H and O–H groups in total. The lowest BCUT2D eigenvalue weighted by molar-refractivity contribution is -0.115. The number of thioether (sulfide) groups is 1. The van der Waals surface area contributed by atoms with E-state index < -0.39 is 0 Å². The summed E-state index contributed by atoms with van der Waals surface area (Å²) in [5.74, 6) is 2.21. The number of amides is 1. The second-order valence-corrected chi connectivity index (χ2v) is 9.93. The fourth-order valence-corrected chi connectivity index (χ4v) is 5.30. The third kappa shape index (κ3) is 5.93. The number of carbonyl (C=O) groups excluding carboxylic acids is 1. The highest BCUT2D eigenvalue weighted by atomic mass is 32.2. The van der Waals surface area contributed by atoms with Crippen molar-refractivity contribution in [1.29, 1.82) is 0 Å². The van der Waals surface area contributed by atoms with E-state index in [2.05, 4.69) is 32.1 Å². The first-order valence-electron chi connectivity index (χ1n) is 9.49. The van der Waals surface area contributed by atoms with E-state index in [9.17, 15) is 4.79 Å². The van der Waals surface area contributed by atoms with Gasteiger partial charge in [0.1, 0.15) is 18.1 Å². The van der Waals surface area contributed by atoms with Gasteiger partial charge in [0.25, 0.3) is 0 Å². The average molecular weight is 473 g/mol. The summed E-state index contributed by atoms with van der Waals surface area (Å²) in [7, 11) is 0. The number of hydrogen-bond acceptors (Lipinski definition) is 9. The van der Waals surface area contributed by atoms with Gasteiger partial charge in [-0.05, 0) is 43.0 Å². The van der Waals surface area contributed by atoms with Crippen LogP contribution in [0.25, 0.3) is 0 Å². The molecule has 0 fully saturated rings. The van der Waals surface area contributed by atoms with Crippen LogP contribution in [0, 0.1) is 13.8 Å². The van der Waals surface area contributed by atoms with Crippen molar-refractivity contribution in [2.24, 2.45) is 0 Å². The first-order chi connectivity index (χ1) is 15.1. The molecule has 0 aliphatic carbocycles. The maximum Gasteiger partial charge on any atom is 0.230 e. The Morgan fingerprint density at radius 3 is 2.74 bits per heavy atom. The van der Waals surface area contributed by atoms with E-state index in [4.69, 9.17) is 9.26 Å². The van der Waals surface area contributed by atoms with Crippen molar-refractivity contribution in [3.8, 4) is 5.75 Å². The summed E-state index contributed by atoms with van der Waals surface area (Å²) in [5.41, 5.74) is 2.67. The minimum atomic E-state index is -0.129. The maximum atomic E-state index is 12.4. The predicted molar refractivity (Wildman–Crippen MR) is 123 cm³/mol. The van der Waals surface area contributed by atoms with Crippen LogP contribution in [0.4, 0.5) is 5.13 Å². The van der Waals surface area contributed by atoms with Gasteiger partial charge in [-0.25, -0.2) is 0 Å². The van der Waals surface area contributed by atoms with Gasteiger partial charge in [-0.2, -0.15) is 0 Å². The summed E-state index contributed by atoms with van der Waals surface area (Å²) >= 11 is 4.72. The van der Waals surface area contributed by atoms with Gasteiger partial charge in [0.05, 0.1) is 17.7 Å². The summed E-state index contributed by atoms with van der Waals surface area (Å²) in [4.78, 5) is 13.6. The van der Waals surface area contributed by atoms with E-state index >= 15 is 0 Å². The van der Waals surface area contributed by atoms with E-state index in [1.54, 1.807) is 23.1 Å². The molecule has 0 aliphatic heterocycles. The molecule has 1 amide bonds. The first kappa shape index (κ1) is 21.5. The fraction of sp³-hybridized carbons (Fsp3) is 0.238. The standard InChI is InChI=1S/C21H20N4O3S3/c1-13-18(14(2)28-25-13)11-27-16-7-5-15(6-8-16)10-19(26)22-20-23-24-21(31-20)30-12-17-4-3-9-29-17/h3-9H,10-12H2,1-2H3,(H,22,23,26). The van der Waals surface area contributed by atoms with Crippen LogP contribution in [0.1, 0.15) is 27.5 Å². The fourth-order valence-electron chi connectivity index (χ4n) is 2.76. The minimum Gasteiger partial charge on any atom is -0.489 e. The second kappa shape index (κ2) is 10.1. The SMILES string of the molecule is Cc1noc(C)c1COc1ccc(CC(=O)Nc2nnc(SCc3cccs3)s2)cc1. The summed E-state index contributed by atoms with van der Waals surface area (Å²) in [6.45, 7) is 4.15. The molecule has 4 rings (SSSR count). The van der Waals surface area contributed by atoms with E-state index in [1.165, 1.54) is 16.2 Å². The Morgan fingerprint density at radius 1 is 1.19 bits per heavy atom. The highest BCUT2D eigenvalue weighted by molar-refractivity contribution is 8.00. The molecule has 7 nitrogen and oxygen atoms in total. The van der Waals surface area contributed by atoms with E-state index in [1.807, 2.05) is 44.2 Å². The average Bonchev–Trinajstić information content (AvgIpc) is 3.49. The molecule has 4 aromatic rings. The van der Waals surface area contributed by atoms with Crippen molar-refractivity contribution in [2.45, 2.75) is 37.0 Å². The number of ether oxygens (including phenoxy) is 1. The van der Waals surface area contributed by atoms with Crippen LogP contribution >= 0.6 is 34.4 Å². The Balaban J connectivity index is 1.25. The molecule has 0 bridgehead atoms. The summed E-state index contributed by atoms with van der Waals surface area (Å²) in [6, 6.07) is 11.6. The molecule has 3 aromatic heterocycles. The molecule has 0 unspecified atom stereocenters. The molecular weight excluding hydrogens is 452 g/mol. The van der Waals surface area contributed by atoms with Crippen molar-refractivity contribution in [1.82, 2.24) is 15.4 Å². The van der Waals surface area contributed by atoms with E-state index in [0.717, 1.165) is 38.4 Å². The van der Waals surface area contributed by atoms with Crippen molar-refractivity contribution in [3.63, 3.8) is 0 Å². The normalized spacial score (nSPS) is 10.9. The van der Waals surface area contributed by atoms with Crippen LogP contribution in [0.3, 0.4) is 0 Å². The molecule has 0 saturated heterocycles. The Kier molecular flexibility index (Phi) is 7.00. The van der Waals surface area contributed by atoms with Gasteiger partial charge in [-0.15, -0.1) is 21.5 Å². The largest absolute Gasteiger partial charge is 0.489 e. The first-order valence-corrected chi connectivity index (χ1v) is 12.2. The molecule has 0 radical (unpaired) electrons. The molecule has 31 heavy (non-hydrogen) atoms.